The first-order chi connectivity index (χ1) is 12.4. The van der Waals surface area contributed by atoms with Gasteiger partial charge in [0.1, 0.15) is 17.5 Å². The van der Waals surface area contributed by atoms with Crippen LogP contribution in [-0.2, 0) is 13.6 Å². The number of likely N-dealkylation sites (tertiary alicyclic amines) is 1. The van der Waals surface area contributed by atoms with E-state index in [-0.39, 0.29) is 11.8 Å². The number of carbonyl (C=O) groups is 1. The Hall–Kier alpha value is -2.48. The largest absolute Gasteiger partial charge is 0.324 e. The number of halogens is 1. The fraction of sp³-hybridized carbons (Fsp3) is 0.500. The predicted molar refractivity (Wildman–Crippen MR) is 97.4 cm³/mol. The van der Waals surface area contributed by atoms with Gasteiger partial charge in [-0.1, -0.05) is 0 Å². The fourth-order valence-electron chi connectivity index (χ4n) is 3.23. The summed E-state index contributed by atoms with van der Waals surface area (Å²) in [6, 6.07) is 5.64. The number of urea groups is 1. The molecular weight excluding hydrogens is 335 g/mol. The third-order valence-corrected chi connectivity index (χ3v) is 4.70. The molecular formula is C18H25FN6O. The quantitative estimate of drug-likeness (QED) is 0.909. The molecule has 1 aliphatic heterocycles. The fourth-order valence-corrected chi connectivity index (χ4v) is 3.23. The van der Waals surface area contributed by atoms with Crippen LogP contribution in [0.25, 0.3) is 0 Å². The van der Waals surface area contributed by atoms with Gasteiger partial charge >= 0.3 is 6.03 Å². The van der Waals surface area contributed by atoms with Gasteiger partial charge in [-0.3, -0.25) is 0 Å². The molecule has 8 heteroatoms. The number of nitrogens with zero attached hydrogens (tertiary/aromatic N) is 5. The van der Waals surface area contributed by atoms with Crippen LogP contribution in [0.4, 0.5) is 14.9 Å². The number of nitrogens with one attached hydrogen (secondary N) is 1. The third-order valence-electron chi connectivity index (χ3n) is 4.70. The summed E-state index contributed by atoms with van der Waals surface area (Å²) < 4.78 is 15.0. The first-order valence-corrected chi connectivity index (χ1v) is 8.78. The van der Waals surface area contributed by atoms with Gasteiger partial charge in [-0.15, -0.1) is 10.2 Å². The van der Waals surface area contributed by atoms with Crippen LogP contribution in [-0.4, -0.2) is 57.8 Å². The lowest BCUT2D eigenvalue weighted by molar-refractivity contribution is 0.193. The monoisotopic (exact) mass is 360 g/mol. The Morgan fingerprint density at radius 3 is 2.50 bits per heavy atom. The molecule has 2 amide bonds. The third kappa shape index (κ3) is 4.19. The smallest absolute Gasteiger partial charge is 0.321 e. The van der Waals surface area contributed by atoms with Crippen molar-refractivity contribution >= 4 is 11.7 Å². The summed E-state index contributed by atoms with van der Waals surface area (Å²) in [5, 5.41) is 11.5. The first kappa shape index (κ1) is 18.3. The minimum Gasteiger partial charge on any atom is -0.324 e. The Morgan fingerprint density at radius 2 is 1.88 bits per heavy atom. The zero-order chi connectivity index (χ0) is 18.7. The van der Waals surface area contributed by atoms with Gasteiger partial charge in [-0.05, 0) is 51.2 Å². The zero-order valence-corrected chi connectivity index (χ0v) is 15.4. The molecule has 3 rings (SSSR count). The first-order valence-electron chi connectivity index (χ1n) is 8.78. The Morgan fingerprint density at radius 1 is 1.23 bits per heavy atom. The molecule has 0 atom stereocenters. The van der Waals surface area contributed by atoms with Gasteiger partial charge in [0, 0.05) is 31.7 Å². The molecule has 0 radical (unpaired) electrons. The number of piperidine rings is 1. The lowest BCUT2D eigenvalue weighted by atomic mass is 9.96. The highest BCUT2D eigenvalue weighted by atomic mass is 19.1. The summed E-state index contributed by atoms with van der Waals surface area (Å²) in [5.41, 5.74) is 0.597. The number of hydrogen-bond acceptors (Lipinski definition) is 4. The molecule has 0 bridgehead atoms. The average Bonchev–Trinajstić information content (AvgIpc) is 2.97. The standard InChI is InChI=1S/C18H25FN6O/c1-23(2)12-16-21-22-17(24(16)3)13-8-10-25(11-9-13)18(26)20-15-6-4-14(19)5-7-15/h4-7,13H,8-12H2,1-3H3,(H,20,26). The number of anilines is 1. The van der Waals surface area contributed by atoms with E-state index in [9.17, 15) is 9.18 Å². The van der Waals surface area contributed by atoms with Gasteiger partial charge in [0.15, 0.2) is 0 Å². The number of rotatable bonds is 4. The van der Waals surface area contributed by atoms with Gasteiger partial charge in [0.05, 0.1) is 6.54 Å². The molecule has 1 aromatic heterocycles. The van der Waals surface area contributed by atoms with Crippen molar-refractivity contribution < 1.29 is 9.18 Å². The molecule has 1 aliphatic rings. The van der Waals surface area contributed by atoms with Crippen molar-refractivity contribution in [3.63, 3.8) is 0 Å². The maximum atomic E-state index is 12.9. The Bertz CT molecular complexity index is 750. The van der Waals surface area contributed by atoms with Crippen LogP contribution < -0.4 is 5.32 Å². The zero-order valence-electron chi connectivity index (χ0n) is 15.4. The predicted octanol–water partition coefficient (Wildman–Crippen LogP) is 2.43. The van der Waals surface area contributed by atoms with E-state index in [0.717, 1.165) is 31.0 Å². The van der Waals surface area contributed by atoms with Gasteiger partial charge in [-0.2, -0.15) is 0 Å². The molecule has 2 heterocycles. The van der Waals surface area contributed by atoms with Crippen LogP contribution in [0, 0.1) is 5.82 Å². The second kappa shape index (κ2) is 7.82. The van der Waals surface area contributed by atoms with E-state index in [2.05, 4.69) is 25.0 Å². The maximum Gasteiger partial charge on any atom is 0.321 e. The van der Waals surface area contributed by atoms with Crippen molar-refractivity contribution in [3.8, 4) is 0 Å². The molecule has 1 N–H and O–H groups in total. The van der Waals surface area contributed by atoms with Crippen molar-refractivity contribution in [3.05, 3.63) is 41.7 Å². The van der Waals surface area contributed by atoms with Gasteiger partial charge in [0.2, 0.25) is 0 Å². The van der Waals surface area contributed by atoms with Crippen LogP contribution in [0.5, 0.6) is 0 Å². The summed E-state index contributed by atoms with van der Waals surface area (Å²) in [6.45, 7) is 2.07. The van der Waals surface area contributed by atoms with Gasteiger partial charge < -0.3 is 19.7 Å². The molecule has 1 fully saturated rings. The van der Waals surface area contributed by atoms with E-state index in [4.69, 9.17) is 0 Å². The number of benzene rings is 1. The molecule has 0 saturated carbocycles. The molecule has 2 aromatic rings. The highest BCUT2D eigenvalue weighted by molar-refractivity contribution is 5.89. The lowest BCUT2D eigenvalue weighted by Crippen LogP contribution is -2.40. The topological polar surface area (TPSA) is 66.3 Å². The minimum atomic E-state index is -0.318. The van der Waals surface area contributed by atoms with Crippen LogP contribution >= 0.6 is 0 Å². The number of amides is 2. The van der Waals surface area contributed by atoms with Crippen molar-refractivity contribution in [2.75, 3.05) is 32.5 Å². The molecule has 0 spiro atoms. The second-order valence-corrected chi connectivity index (χ2v) is 6.97. The molecule has 0 aliphatic carbocycles. The van der Waals surface area contributed by atoms with Crippen LogP contribution in [0.2, 0.25) is 0 Å². The Balaban J connectivity index is 1.56. The molecule has 0 unspecified atom stereocenters. The van der Waals surface area contributed by atoms with Crippen molar-refractivity contribution in [1.29, 1.82) is 0 Å². The minimum absolute atomic E-state index is 0.152. The Labute approximate surface area is 152 Å². The summed E-state index contributed by atoms with van der Waals surface area (Å²) in [6.07, 6.45) is 1.70. The van der Waals surface area contributed by atoms with Crippen molar-refractivity contribution in [2.45, 2.75) is 25.3 Å². The van der Waals surface area contributed by atoms with E-state index in [0.29, 0.717) is 24.7 Å². The highest BCUT2D eigenvalue weighted by Gasteiger charge is 2.27. The highest BCUT2D eigenvalue weighted by Crippen LogP contribution is 2.27. The molecule has 1 saturated heterocycles. The summed E-state index contributed by atoms with van der Waals surface area (Å²) >= 11 is 0. The molecule has 1 aromatic carbocycles. The number of aromatic nitrogens is 3. The van der Waals surface area contributed by atoms with E-state index < -0.39 is 0 Å². The number of hydrogen-bond donors (Lipinski definition) is 1. The average molecular weight is 360 g/mol. The van der Waals surface area contributed by atoms with E-state index in [1.807, 2.05) is 21.1 Å². The van der Waals surface area contributed by atoms with E-state index in [1.54, 1.807) is 17.0 Å². The van der Waals surface area contributed by atoms with Gasteiger partial charge in [-0.25, -0.2) is 9.18 Å². The summed E-state index contributed by atoms with van der Waals surface area (Å²) in [7, 11) is 6.01. The van der Waals surface area contributed by atoms with Gasteiger partial charge in [0.25, 0.3) is 0 Å². The molecule has 7 nitrogen and oxygen atoms in total. The molecule has 140 valence electrons. The van der Waals surface area contributed by atoms with E-state index in [1.165, 1.54) is 12.1 Å². The lowest BCUT2D eigenvalue weighted by Gasteiger charge is -2.31. The normalized spacial score (nSPS) is 15.5. The van der Waals surface area contributed by atoms with Crippen molar-refractivity contribution in [1.82, 2.24) is 24.6 Å². The van der Waals surface area contributed by atoms with E-state index >= 15 is 0 Å². The van der Waals surface area contributed by atoms with Crippen molar-refractivity contribution in [2.24, 2.45) is 7.05 Å². The SMILES string of the molecule is CN(C)Cc1nnc(C2CCN(C(=O)Nc3ccc(F)cc3)CC2)n1C. The van der Waals surface area contributed by atoms with Crippen LogP contribution in [0.1, 0.15) is 30.4 Å². The second-order valence-electron chi connectivity index (χ2n) is 6.97. The maximum absolute atomic E-state index is 12.9. The summed E-state index contributed by atoms with van der Waals surface area (Å²) in [5.74, 6) is 1.92. The van der Waals surface area contributed by atoms with Crippen LogP contribution in [0.3, 0.4) is 0 Å². The number of carbonyl (C=O) groups excluding carboxylic acids is 1. The van der Waals surface area contributed by atoms with Crippen LogP contribution in [0.15, 0.2) is 24.3 Å². The molecule has 26 heavy (non-hydrogen) atoms. The Kier molecular flexibility index (Phi) is 5.51. The summed E-state index contributed by atoms with van der Waals surface area (Å²) in [4.78, 5) is 16.2.